The van der Waals surface area contributed by atoms with E-state index in [1.165, 1.54) is 60.5 Å². The zero-order valence-corrected chi connectivity index (χ0v) is 26.4. The number of hydrogen-bond donors (Lipinski definition) is 0. The van der Waals surface area contributed by atoms with Crippen LogP contribution in [0.3, 0.4) is 0 Å². The quantitative estimate of drug-likeness (QED) is 0.181. The van der Waals surface area contributed by atoms with Crippen LogP contribution in [-0.4, -0.2) is 4.57 Å². The highest BCUT2D eigenvalue weighted by Crippen LogP contribution is 2.40. The van der Waals surface area contributed by atoms with Gasteiger partial charge in [0.1, 0.15) is 0 Å². The predicted molar refractivity (Wildman–Crippen MR) is 204 cm³/mol. The van der Waals surface area contributed by atoms with Gasteiger partial charge in [0.2, 0.25) is 0 Å². The molecular formula is C46H32N2. The van der Waals surface area contributed by atoms with Crippen molar-refractivity contribution in [3.05, 3.63) is 194 Å². The topological polar surface area (TPSA) is 8.17 Å². The third-order valence-corrected chi connectivity index (χ3v) is 9.38. The van der Waals surface area contributed by atoms with Gasteiger partial charge in [-0.2, -0.15) is 0 Å². The molecule has 0 aliphatic carbocycles. The summed E-state index contributed by atoms with van der Waals surface area (Å²) in [4.78, 5) is 2.35. The van der Waals surface area contributed by atoms with Crippen molar-refractivity contribution in [3.63, 3.8) is 0 Å². The van der Waals surface area contributed by atoms with E-state index in [0.717, 1.165) is 17.1 Å². The van der Waals surface area contributed by atoms with E-state index >= 15 is 0 Å². The number of rotatable bonds is 6. The Morgan fingerprint density at radius 1 is 0.354 bits per heavy atom. The molecule has 0 aliphatic heterocycles. The van der Waals surface area contributed by atoms with Crippen molar-refractivity contribution in [2.75, 3.05) is 4.90 Å². The van der Waals surface area contributed by atoms with Crippen LogP contribution >= 0.6 is 0 Å². The third kappa shape index (κ3) is 4.74. The highest BCUT2D eigenvalue weighted by atomic mass is 15.1. The number of para-hydroxylation sites is 4. The Bertz CT molecular complexity index is 2500. The minimum atomic E-state index is 1.12. The fourth-order valence-corrected chi connectivity index (χ4v) is 7.17. The van der Waals surface area contributed by atoms with Gasteiger partial charge in [0.25, 0.3) is 0 Å². The van der Waals surface area contributed by atoms with Gasteiger partial charge >= 0.3 is 0 Å². The fraction of sp³-hybridized carbons (Fsp3) is 0. The predicted octanol–water partition coefficient (Wildman–Crippen LogP) is 12.7. The number of hydrogen-bond acceptors (Lipinski definition) is 1. The average molecular weight is 613 g/mol. The molecular weight excluding hydrogens is 581 g/mol. The molecule has 9 aromatic rings. The van der Waals surface area contributed by atoms with Gasteiger partial charge in [-0.1, -0.05) is 140 Å². The number of benzene rings is 8. The number of aromatic nitrogens is 1. The molecule has 9 rings (SSSR count). The lowest BCUT2D eigenvalue weighted by Crippen LogP contribution is -2.10. The van der Waals surface area contributed by atoms with Gasteiger partial charge in [-0.25, -0.2) is 0 Å². The summed E-state index contributed by atoms with van der Waals surface area (Å²) in [5.74, 6) is 0. The van der Waals surface area contributed by atoms with Gasteiger partial charge in [0.05, 0.1) is 22.4 Å². The van der Waals surface area contributed by atoms with E-state index in [1.807, 2.05) is 0 Å². The van der Waals surface area contributed by atoms with E-state index in [1.54, 1.807) is 0 Å². The molecule has 48 heavy (non-hydrogen) atoms. The van der Waals surface area contributed by atoms with Crippen LogP contribution in [0, 0.1) is 0 Å². The summed E-state index contributed by atoms with van der Waals surface area (Å²) in [6, 6.07) is 69.8. The molecule has 0 atom stereocenters. The van der Waals surface area contributed by atoms with Crippen LogP contribution < -0.4 is 4.90 Å². The highest BCUT2D eigenvalue weighted by molar-refractivity contribution is 6.09. The molecule has 0 saturated heterocycles. The Balaban J connectivity index is 1.13. The lowest BCUT2D eigenvalue weighted by atomic mass is 9.97. The summed E-state index contributed by atoms with van der Waals surface area (Å²) in [6.45, 7) is 0. The monoisotopic (exact) mass is 612 g/mol. The van der Waals surface area contributed by atoms with Crippen LogP contribution in [0.1, 0.15) is 0 Å². The molecule has 0 fully saturated rings. The van der Waals surface area contributed by atoms with Crippen LogP contribution in [0.25, 0.3) is 60.5 Å². The SMILES string of the molecule is c1ccc(N(c2ccc(-c3cccc(-c4ccccc4-n4c5ccccc5c5ccccc54)c3)cc2)c2cccc3ccccc23)cc1. The molecule has 1 heterocycles. The Labute approximate surface area is 280 Å². The maximum Gasteiger partial charge on any atom is 0.0541 e. The van der Waals surface area contributed by atoms with E-state index < -0.39 is 0 Å². The highest BCUT2D eigenvalue weighted by Gasteiger charge is 2.17. The largest absolute Gasteiger partial charge is 0.310 e. The van der Waals surface area contributed by atoms with Crippen LogP contribution in [0.2, 0.25) is 0 Å². The minimum Gasteiger partial charge on any atom is -0.310 e. The van der Waals surface area contributed by atoms with Gasteiger partial charge in [-0.3, -0.25) is 0 Å². The summed E-state index contributed by atoms with van der Waals surface area (Å²) in [7, 11) is 0. The Kier molecular flexibility index (Phi) is 6.84. The number of fused-ring (bicyclic) bond motifs is 4. The molecule has 0 amide bonds. The van der Waals surface area contributed by atoms with Gasteiger partial charge < -0.3 is 9.47 Å². The summed E-state index contributed by atoms with van der Waals surface area (Å²) < 4.78 is 2.41. The van der Waals surface area contributed by atoms with Crippen LogP contribution in [0.15, 0.2) is 194 Å². The van der Waals surface area contributed by atoms with Crippen molar-refractivity contribution in [2.24, 2.45) is 0 Å². The van der Waals surface area contributed by atoms with E-state index in [-0.39, 0.29) is 0 Å². The first-order valence-corrected chi connectivity index (χ1v) is 16.4. The molecule has 2 nitrogen and oxygen atoms in total. The number of nitrogens with zero attached hydrogens (tertiary/aromatic N) is 2. The second-order valence-electron chi connectivity index (χ2n) is 12.2. The molecule has 0 saturated carbocycles. The minimum absolute atomic E-state index is 1.12. The average Bonchev–Trinajstić information content (AvgIpc) is 3.50. The molecule has 0 spiro atoms. The van der Waals surface area contributed by atoms with E-state index in [2.05, 4.69) is 204 Å². The van der Waals surface area contributed by atoms with Crippen molar-refractivity contribution in [3.8, 4) is 27.9 Å². The zero-order chi connectivity index (χ0) is 31.9. The summed E-state index contributed by atoms with van der Waals surface area (Å²) in [6.07, 6.45) is 0. The molecule has 8 aromatic carbocycles. The summed E-state index contributed by atoms with van der Waals surface area (Å²) in [5, 5.41) is 4.99. The first-order chi connectivity index (χ1) is 23.8. The molecule has 0 radical (unpaired) electrons. The molecule has 0 aliphatic rings. The molecule has 0 unspecified atom stereocenters. The maximum atomic E-state index is 2.41. The van der Waals surface area contributed by atoms with E-state index in [0.29, 0.717) is 0 Å². The molecule has 2 heteroatoms. The normalized spacial score (nSPS) is 11.3. The lowest BCUT2D eigenvalue weighted by molar-refractivity contribution is 1.18. The van der Waals surface area contributed by atoms with Gasteiger partial charge in [-0.05, 0) is 76.7 Å². The Hall–Kier alpha value is -6.38. The summed E-state index contributed by atoms with van der Waals surface area (Å²) >= 11 is 0. The molecule has 0 bridgehead atoms. The van der Waals surface area contributed by atoms with Crippen LogP contribution in [-0.2, 0) is 0 Å². The van der Waals surface area contributed by atoms with Crippen molar-refractivity contribution in [2.45, 2.75) is 0 Å². The lowest BCUT2D eigenvalue weighted by Gasteiger charge is -2.27. The third-order valence-electron chi connectivity index (χ3n) is 9.38. The second kappa shape index (κ2) is 11.8. The summed E-state index contributed by atoms with van der Waals surface area (Å²) in [5.41, 5.74) is 11.8. The zero-order valence-electron chi connectivity index (χ0n) is 26.4. The standard InChI is InChI=1S/C46H32N2/c1-2-18-37(19-3-1)47(43-27-13-15-34-14-4-5-20-39(34)43)38-30-28-33(29-31-38)35-16-12-17-36(32-35)40-21-6-9-24-44(40)48-45-25-10-7-22-41(45)42-23-8-11-26-46(42)48/h1-32H. The van der Waals surface area contributed by atoms with Gasteiger partial charge in [-0.15, -0.1) is 0 Å². The van der Waals surface area contributed by atoms with Crippen molar-refractivity contribution < 1.29 is 0 Å². The van der Waals surface area contributed by atoms with Gasteiger partial charge in [0, 0.05) is 33.1 Å². The number of anilines is 3. The fourth-order valence-electron chi connectivity index (χ4n) is 7.17. The van der Waals surface area contributed by atoms with Crippen LogP contribution in [0.5, 0.6) is 0 Å². The smallest absolute Gasteiger partial charge is 0.0541 e. The van der Waals surface area contributed by atoms with Crippen molar-refractivity contribution in [1.82, 2.24) is 4.57 Å². The van der Waals surface area contributed by atoms with Gasteiger partial charge in [0.15, 0.2) is 0 Å². The Morgan fingerprint density at radius 3 is 1.69 bits per heavy atom. The van der Waals surface area contributed by atoms with Crippen molar-refractivity contribution >= 4 is 49.6 Å². The molecule has 0 N–H and O–H groups in total. The molecule has 1 aromatic heterocycles. The van der Waals surface area contributed by atoms with E-state index in [4.69, 9.17) is 0 Å². The Morgan fingerprint density at radius 2 is 0.917 bits per heavy atom. The van der Waals surface area contributed by atoms with Crippen LogP contribution in [0.4, 0.5) is 17.1 Å². The first kappa shape index (κ1) is 27.9. The maximum absolute atomic E-state index is 2.41. The van der Waals surface area contributed by atoms with Crippen molar-refractivity contribution in [1.29, 1.82) is 0 Å². The first-order valence-electron chi connectivity index (χ1n) is 16.4. The molecule has 226 valence electrons. The van der Waals surface area contributed by atoms with E-state index in [9.17, 15) is 0 Å². The second-order valence-corrected chi connectivity index (χ2v) is 12.2.